The van der Waals surface area contributed by atoms with Crippen LogP contribution in [0.1, 0.15) is 67.1 Å². The zero-order valence-electron chi connectivity index (χ0n) is 21.6. The summed E-state index contributed by atoms with van der Waals surface area (Å²) in [6.07, 6.45) is 1.86. The molecule has 0 bridgehead atoms. The molecule has 206 valence electrons. The highest BCUT2D eigenvalue weighted by atomic mass is 19.4. The summed E-state index contributed by atoms with van der Waals surface area (Å²) in [4.78, 5) is 33.8. The van der Waals surface area contributed by atoms with Gasteiger partial charge < -0.3 is 15.3 Å². The number of nitrogens with zero attached hydrogens (tertiary/aromatic N) is 3. The summed E-state index contributed by atoms with van der Waals surface area (Å²) in [5.74, 6) is -0.963. The molecule has 0 radical (unpaired) electrons. The Hall–Kier alpha value is -2.98. The van der Waals surface area contributed by atoms with Crippen molar-refractivity contribution in [1.82, 2.24) is 20.1 Å². The van der Waals surface area contributed by atoms with E-state index in [1.165, 1.54) is 12.1 Å². The second-order valence-electron chi connectivity index (χ2n) is 10.2. The predicted molar refractivity (Wildman–Crippen MR) is 136 cm³/mol. The molecule has 1 saturated heterocycles. The Bertz CT molecular complexity index is 1100. The number of likely N-dealkylation sites (N-methyl/N-ethyl adjacent to an activating group) is 1. The average Bonchev–Trinajstić information content (AvgIpc) is 2.93. The third kappa shape index (κ3) is 6.53. The summed E-state index contributed by atoms with van der Waals surface area (Å²) >= 11 is 0. The van der Waals surface area contributed by atoms with E-state index in [1.807, 2.05) is 18.2 Å². The van der Waals surface area contributed by atoms with Crippen LogP contribution in [-0.2, 0) is 16.6 Å². The molecule has 2 aromatic rings. The number of benzene rings is 1. The summed E-state index contributed by atoms with van der Waals surface area (Å²) in [6.45, 7) is 3.78. The van der Waals surface area contributed by atoms with Crippen LogP contribution < -0.4 is 5.32 Å². The number of aliphatic hydroxyl groups is 1. The molecule has 2 heterocycles. The lowest BCUT2D eigenvalue weighted by atomic mass is 9.79. The molecule has 1 saturated carbocycles. The lowest BCUT2D eigenvalue weighted by Crippen LogP contribution is -2.55. The Kier molecular flexibility index (Phi) is 8.72. The normalized spacial score (nSPS) is 24.3. The second kappa shape index (κ2) is 11.8. The molecule has 7 nitrogen and oxygen atoms in total. The average molecular weight is 533 g/mol. The first kappa shape index (κ1) is 28.0. The first-order valence-electron chi connectivity index (χ1n) is 13.2. The quantitative estimate of drug-likeness (QED) is 0.564. The Morgan fingerprint density at radius 2 is 1.89 bits per heavy atom. The van der Waals surface area contributed by atoms with Crippen molar-refractivity contribution in [2.24, 2.45) is 0 Å². The van der Waals surface area contributed by atoms with E-state index in [9.17, 15) is 27.9 Å². The highest BCUT2D eigenvalue weighted by Gasteiger charge is 2.39. The van der Waals surface area contributed by atoms with Crippen molar-refractivity contribution in [3.05, 3.63) is 65.5 Å². The number of piperidine rings is 1. The standard InChI is InChI=1S/C28H35F3N4O3/c1-2-35(22-11-13-27(38,14-12-22)24-10-3-4-15-32-24)23-9-6-16-34(19-23)25(36)18-33-26(37)20-7-5-8-21(17-20)28(29,30)31/h3-5,7-8,10,15,17,22-23,38H,2,6,9,11-14,16,18-19H2,1H3,(H,33,37). The van der Waals surface area contributed by atoms with Crippen molar-refractivity contribution >= 4 is 11.8 Å². The number of carbonyl (C=O) groups excluding carboxylic acids is 2. The molecule has 1 unspecified atom stereocenters. The summed E-state index contributed by atoms with van der Waals surface area (Å²) in [7, 11) is 0. The van der Waals surface area contributed by atoms with Crippen LogP contribution >= 0.6 is 0 Å². The highest BCUT2D eigenvalue weighted by molar-refractivity contribution is 5.96. The van der Waals surface area contributed by atoms with Gasteiger partial charge in [0.15, 0.2) is 0 Å². The van der Waals surface area contributed by atoms with Crippen LogP contribution in [0.4, 0.5) is 13.2 Å². The van der Waals surface area contributed by atoms with E-state index in [4.69, 9.17) is 0 Å². The molecule has 2 fully saturated rings. The number of pyridine rings is 1. The van der Waals surface area contributed by atoms with Crippen molar-refractivity contribution < 1.29 is 27.9 Å². The van der Waals surface area contributed by atoms with Crippen molar-refractivity contribution in [3.8, 4) is 0 Å². The number of nitrogens with one attached hydrogen (secondary N) is 1. The molecule has 1 aromatic heterocycles. The SMILES string of the molecule is CCN(C1CCC(O)(c2ccccn2)CC1)C1CCCN(C(=O)CNC(=O)c2cccc(C(F)(F)F)c2)C1. The Labute approximate surface area is 221 Å². The maximum Gasteiger partial charge on any atom is 0.416 e. The topological polar surface area (TPSA) is 85.8 Å². The predicted octanol–water partition coefficient (Wildman–Crippen LogP) is 3.97. The van der Waals surface area contributed by atoms with Crippen LogP contribution in [0.15, 0.2) is 48.7 Å². The number of carbonyl (C=O) groups is 2. The first-order chi connectivity index (χ1) is 18.1. The molecule has 1 aliphatic heterocycles. The fourth-order valence-corrected chi connectivity index (χ4v) is 5.78. The van der Waals surface area contributed by atoms with Crippen LogP contribution in [0.25, 0.3) is 0 Å². The minimum Gasteiger partial charge on any atom is -0.384 e. The summed E-state index contributed by atoms with van der Waals surface area (Å²) in [5, 5.41) is 13.6. The fraction of sp³-hybridized carbons (Fsp3) is 0.536. The van der Waals surface area contributed by atoms with Gasteiger partial charge in [0.2, 0.25) is 5.91 Å². The van der Waals surface area contributed by atoms with Gasteiger partial charge in [0.05, 0.1) is 17.8 Å². The molecule has 2 amide bonds. The molecule has 4 rings (SSSR count). The molecule has 1 atom stereocenters. The molecule has 1 aliphatic carbocycles. The van der Waals surface area contributed by atoms with Crippen LogP contribution in [0.2, 0.25) is 0 Å². The van der Waals surface area contributed by atoms with Crippen molar-refractivity contribution in [2.45, 2.75) is 69.3 Å². The number of aromatic nitrogens is 1. The number of likely N-dealkylation sites (tertiary alicyclic amines) is 1. The van der Waals surface area contributed by atoms with Crippen LogP contribution in [0, 0.1) is 0 Å². The highest BCUT2D eigenvalue weighted by Crippen LogP contribution is 2.38. The number of alkyl halides is 3. The number of halogens is 3. The number of rotatable bonds is 7. The maximum absolute atomic E-state index is 13.0. The Morgan fingerprint density at radius 1 is 1.13 bits per heavy atom. The van der Waals surface area contributed by atoms with E-state index >= 15 is 0 Å². The van der Waals surface area contributed by atoms with Gasteiger partial charge in [-0.05, 0) is 75.4 Å². The summed E-state index contributed by atoms with van der Waals surface area (Å²) in [5.41, 5.74) is -1.24. The van der Waals surface area contributed by atoms with Crippen molar-refractivity contribution in [1.29, 1.82) is 0 Å². The first-order valence-corrected chi connectivity index (χ1v) is 13.2. The van der Waals surface area contributed by atoms with E-state index in [0.29, 0.717) is 37.7 Å². The Balaban J connectivity index is 1.31. The summed E-state index contributed by atoms with van der Waals surface area (Å²) < 4.78 is 38.9. The molecule has 1 aromatic carbocycles. The van der Waals surface area contributed by atoms with Crippen molar-refractivity contribution in [2.75, 3.05) is 26.2 Å². The zero-order chi connectivity index (χ0) is 27.3. The summed E-state index contributed by atoms with van der Waals surface area (Å²) in [6, 6.07) is 10.2. The van der Waals surface area contributed by atoms with Crippen LogP contribution in [0.5, 0.6) is 0 Å². The van der Waals surface area contributed by atoms with Crippen molar-refractivity contribution in [3.63, 3.8) is 0 Å². The number of amides is 2. The van der Waals surface area contributed by atoms with Gasteiger partial charge in [-0.3, -0.25) is 19.5 Å². The zero-order valence-corrected chi connectivity index (χ0v) is 21.6. The Morgan fingerprint density at radius 3 is 2.55 bits per heavy atom. The molecule has 0 spiro atoms. The maximum atomic E-state index is 13.0. The minimum absolute atomic E-state index is 0.135. The molecular formula is C28H35F3N4O3. The van der Waals surface area contributed by atoms with Gasteiger partial charge in [-0.2, -0.15) is 13.2 Å². The van der Waals surface area contributed by atoms with E-state index in [-0.39, 0.29) is 24.1 Å². The fourth-order valence-electron chi connectivity index (χ4n) is 5.78. The number of hydrogen-bond acceptors (Lipinski definition) is 5. The van der Waals surface area contributed by atoms with Gasteiger partial charge >= 0.3 is 6.18 Å². The molecule has 10 heteroatoms. The third-order valence-corrected chi connectivity index (χ3v) is 7.83. The van der Waals surface area contributed by atoms with Gasteiger partial charge in [-0.25, -0.2) is 0 Å². The van der Waals surface area contributed by atoms with Gasteiger partial charge in [0, 0.05) is 36.9 Å². The largest absolute Gasteiger partial charge is 0.416 e. The van der Waals surface area contributed by atoms with E-state index in [0.717, 1.165) is 44.4 Å². The van der Waals surface area contributed by atoms with Gasteiger partial charge in [0.25, 0.3) is 5.91 Å². The molecule has 38 heavy (non-hydrogen) atoms. The molecule has 2 aliphatic rings. The minimum atomic E-state index is -4.55. The van der Waals surface area contributed by atoms with Crippen LogP contribution in [-0.4, -0.2) is 70.0 Å². The lowest BCUT2D eigenvalue weighted by molar-refractivity contribution is -0.137. The van der Waals surface area contributed by atoms with Gasteiger partial charge in [0.1, 0.15) is 5.60 Å². The lowest BCUT2D eigenvalue weighted by Gasteiger charge is -2.46. The van der Waals surface area contributed by atoms with E-state index in [1.54, 1.807) is 11.1 Å². The third-order valence-electron chi connectivity index (χ3n) is 7.83. The second-order valence-corrected chi connectivity index (χ2v) is 10.2. The van der Waals surface area contributed by atoms with Crippen LogP contribution in [0.3, 0.4) is 0 Å². The van der Waals surface area contributed by atoms with Gasteiger partial charge in [-0.15, -0.1) is 0 Å². The molecule has 2 N–H and O–H groups in total. The van der Waals surface area contributed by atoms with E-state index in [2.05, 4.69) is 22.1 Å². The molecular weight excluding hydrogens is 497 g/mol. The van der Waals surface area contributed by atoms with E-state index < -0.39 is 23.2 Å². The smallest absolute Gasteiger partial charge is 0.384 e. The monoisotopic (exact) mass is 532 g/mol. The van der Waals surface area contributed by atoms with Gasteiger partial charge in [-0.1, -0.05) is 19.1 Å². The number of hydrogen-bond donors (Lipinski definition) is 2.